The van der Waals surface area contributed by atoms with Crippen LogP contribution >= 0.6 is 0 Å². The third kappa shape index (κ3) is 2.82. The molecule has 2 aliphatic rings. The summed E-state index contributed by atoms with van der Waals surface area (Å²) in [5.41, 5.74) is 0.129. The summed E-state index contributed by atoms with van der Waals surface area (Å²) < 4.78 is 0. The molecule has 0 radical (unpaired) electrons. The molecular formula is C14H25NO2. The van der Waals surface area contributed by atoms with Crippen LogP contribution < -0.4 is 5.32 Å². The molecule has 2 saturated carbocycles. The molecule has 0 spiro atoms. The lowest BCUT2D eigenvalue weighted by atomic mass is 9.81. The Hall–Kier alpha value is -0.570. The summed E-state index contributed by atoms with van der Waals surface area (Å²) in [7, 11) is 0. The van der Waals surface area contributed by atoms with Crippen molar-refractivity contribution in [3.05, 3.63) is 0 Å². The van der Waals surface area contributed by atoms with Gasteiger partial charge < -0.3 is 10.4 Å². The Kier molecular flexibility index (Phi) is 3.76. The van der Waals surface area contributed by atoms with Gasteiger partial charge in [0, 0.05) is 5.92 Å². The molecule has 2 fully saturated rings. The lowest BCUT2D eigenvalue weighted by molar-refractivity contribution is -0.129. The molecule has 2 N–H and O–H groups in total. The zero-order valence-corrected chi connectivity index (χ0v) is 11.0. The van der Waals surface area contributed by atoms with Crippen molar-refractivity contribution in [1.82, 2.24) is 5.32 Å². The van der Waals surface area contributed by atoms with E-state index in [1.54, 1.807) is 0 Å². The molecule has 0 aromatic rings. The molecule has 3 heteroatoms. The van der Waals surface area contributed by atoms with Gasteiger partial charge in [-0.25, -0.2) is 0 Å². The molecule has 0 saturated heterocycles. The maximum atomic E-state index is 12.3. The second kappa shape index (κ2) is 4.97. The monoisotopic (exact) mass is 239 g/mol. The van der Waals surface area contributed by atoms with Crippen molar-refractivity contribution in [2.24, 2.45) is 11.3 Å². The highest BCUT2D eigenvalue weighted by molar-refractivity contribution is 5.80. The van der Waals surface area contributed by atoms with Gasteiger partial charge in [-0.3, -0.25) is 4.79 Å². The molecular weight excluding hydrogens is 214 g/mol. The molecule has 3 nitrogen and oxygen atoms in total. The molecule has 3 atom stereocenters. The third-order valence-corrected chi connectivity index (χ3v) is 4.63. The summed E-state index contributed by atoms with van der Waals surface area (Å²) in [6.45, 7) is 4.36. The molecule has 17 heavy (non-hydrogen) atoms. The summed E-state index contributed by atoms with van der Waals surface area (Å²) in [6.07, 6.45) is 6.92. The van der Waals surface area contributed by atoms with E-state index in [-0.39, 0.29) is 29.4 Å². The molecule has 0 heterocycles. The van der Waals surface area contributed by atoms with Crippen molar-refractivity contribution in [3.63, 3.8) is 0 Å². The number of amides is 1. The minimum Gasteiger partial charge on any atom is -0.391 e. The van der Waals surface area contributed by atoms with Gasteiger partial charge in [0.2, 0.25) is 5.91 Å². The molecule has 0 bridgehead atoms. The van der Waals surface area contributed by atoms with Crippen molar-refractivity contribution < 1.29 is 9.90 Å². The molecule has 0 aromatic carbocycles. The normalized spacial score (nSPS) is 36.8. The number of hydrogen-bond donors (Lipinski definition) is 2. The minimum atomic E-state index is -0.336. The highest BCUT2D eigenvalue weighted by Crippen LogP contribution is 2.42. The van der Waals surface area contributed by atoms with Gasteiger partial charge in [-0.05, 0) is 31.1 Å². The Morgan fingerprint density at radius 1 is 1.18 bits per heavy atom. The molecule has 2 rings (SSSR count). The van der Waals surface area contributed by atoms with E-state index in [0.717, 1.165) is 44.9 Å². The largest absolute Gasteiger partial charge is 0.391 e. The molecule has 1 amide bonds. The average Bonchev–Trinajstić information content (AvgIpc) is 2.61. The molecule has 1 unspecified atom stereocenters. The van der Waals surface area contributed by atoms with Crippen LogP contribution in [0.3, 0.4) is 0 Å². The van der Waals surface area contributed by atoms with E-state index in [1.165, 1.54) is 0 Å². The van der Waals surface area contributed by atoms with Gasteiger partial charge in [-0.15, -0.1) is 0 Å². The topological polar surface area (TPSA) is 49.3 Å². The Morgan fingerprint density at radius 2 is 1.88 bits per heavy atom. The van der Waals surface area contributed by atoms with Crippen LogP contribution in [0.2, 0.25) is 0 Å². The summed E-state index contributed by atoms with van der Waals surface area (Å²) in [5, 5.41) is 13.0. The zero-order valence-electron chi connectivity index (χ0n) is 11.0. The van der Waals surface area contributed by atoms with E-state index in [4.69, 9.17) is 0 Å². The predicted molar refractivity (Wildman–Crippen MR) is 67.5 cm³/mol. The molecule has 0 aromatic heterocycles. The highest BCUT2D eigenvalue weighted by Gasteiger charge is 2.40. The molecule has 98 valence electrons. The van der Waals surface area contributed by atoms with Gasteiger partial charge in [0.15, 0.2) is 0 Å². The van der Waals surface area contributed by atoms with E-state index < -0.39 is 0 Å². The van der Waals surface area contributed by atoms with E-state index >= 15 is 0 Å². The van der Waals surface area contributed by atoms with Crippen LogP contribution in [0.5, 0.6) is 0 Å². The van der Waals surface area contributed by atoms with Crippen molar-refractivity contribution in [3.8, 4) is 0 Å². The number of carbonyl (C=O) groups is 1. The number of rotatable bonds is 2. The van der Waals surface area contributed by atoms with Crippen molar-refractivity contribution in [2.75, 3.05) is 0 Å². The smallest absolute Gasteiger partial charge is 0.223 e. The number of aliphatic hydroxyl groups is 1. The van der Waals surface area contributed by atoms with Crippen LogP contribution in [-0.2, 0) is 4.79 Å². The summed E-state index contributed by atoms with van der Waals surface area (Å²) in [6, 6.07) is -0.00681. The van der Waals surface area contributed by atoms with E-state index in [9.17, 15) is 9.90 Å². The first-order valence-electron chi connectivity index (χ1n) is 6.99. The fourth-order valence-electron chi connectivity index (χ4n) is 3.38. The van der Waals surface area contributed by atoms with E-state index in [2.05, 4.69) is 19.2 Å². The third-order valence-electron chi connectivity index (χ3n) is 4.63. The van der Waals surface area contributed by atoms with Crippen molar-refractivity contribution >= 4 is 5.91 Å². The maximum Gasteiger partial charge on any atom is 0.223 e. The Labute approximate surface area is 104 Å². The average molecular weight is 239 g/mol. The van der Waals surface area contributed by atoms with E-state index in [0.29, 0.717) is 0 Å². The molecule has 0 aliphatic heterocycles. The minimum absolute atomic E-state index is 0.00681. The first-order valence-corrected chi connectivity index (χ1v) is 6.99. The lowest BCUT2D eigenvalue weighted by Gasteiger charge is -2.32. The number of carbonyl (C=O) groups excluding carboxylic acids is 1. The van der Waals surface area contributed by atoms with Crippen LogP contribution in [0, 0.1) is 11.3 Å². The van der Waals surface area contributed by atoms with Gasteiger partial charge in [-0.1, -0.05) is 33.1 Å². The van der Waals surface area contributed by atoms with Gasteiger partial charge in [-0.2, -0.15) is 0 Å². The van der Waals surface area contributed by atoms with Crippen LogP contribution in [-0.4, -0.2) is 23.2 Å². The number of nitrogens with one attached hydrogen (secondary N) is 1. The Morgan fingerprint density at radius 3 is 2.47 bits per heavy atom. The predicted octanol–water partition coefficient (Wildman–Crippen LogP) is 2.23. The maximum absolute atomic E-state index is 12.3. The lowest BCUT2D eigenvalue weighted by Crippen LogP contribution is -2.48. The second-order valence-corrected chi connectivity index (χ2v) is 6.40. The van der Waals surface area contributed by atoms with Crippen LogP contribution in [0.15, 0.2) is 0 Å². The van der Waals surface area contributed by atoms with Crippen molar-refractivity contribution in [1.29, 1.82) is 0 Å². The summed E-state index contributed by atoms with van der Waals surface area (Å²) in [5.74, 6) is 0.301. The van der Waals surface area contributed by atoms with Crippen molar-refractivity contribution in [2.45, 2.75) is 70.9 Å². The van der Waals surface area contributed by atoms with Gasteiger partial charge >= 0.3 is 0 Å². The highest BCUT2D eigenvalue weighted by atomic mass is 16.3. The summed E-state index contributed by atoms with van der Waals surface area (Å²) >= 11 is 0. The fourth-order valence-corrected chi connectivity index (χ4v) is 3.38. The van der Waals surface area contributed by atoms with Crippen LogP contribution in [0.1, 0.15) is 58.8 Å². The first-order chi connectivity index (χ1) is 8.00. The quantitative estimate of drug-likeness (QED) is 0.776. The Balaban J connectivity index is 1.92. The molecule has 2 aliphatic carbocycles. The first kappa shape index (κ1) is 12.9. The van der Waals surface area contributed by atoms with Gasteiger partial charge in [0.05, 0.1) is 12.1 Å². The summed E-state index contributed by atoms with van der Waals surface area (Å²) in [4.78, 5) is 12.3. The SMILES string of the molecule is CC1(C)CCCC1C(=O)N[C@H]1CCCC[C@@H]1O. The number of hydrogen-bond acceptors (Lipinski definition) is 2. The zero-order chi connectivity index (χ0) is 12.5. The standard InChI is InChI=1S/C14H25NO2/c1-14(2)9-5-6-10(14)13(17)15-11-7-3-4-8-12(11)16/h10-12,16H,3-9H2,1-2H3,(H,15,17)/t10?,11-,12-/m0/s1. The van der Waals surface area contributed by atoms with Gasteiger partial charge in [0.25, 0.3) is 0 Å². The Bertz CT molecular complexity index is 288. The fraction of sp³-hybridized carbons (Fsp3) is 0.929. The van der Waals surface area contributed by atoms with Crippen LogP contribution in [0.4, 0.5) is 0 Å². The van der Waals surface area contributed by atoms with E-state index in [1.807, 2.05) is 0 Å². The number of aliphatic hydroxyl groups excluding tert-OH is 1. The van der Waals surface area contributed by atoms with Gasteiger partial charge in [0.1, 0.15) is 0 Å². The van der Waals surface area contributed by atoms with Crippen LogP contribution in [0.25, 0.3) is 0 Å². The second-order valence-electron chi connectivity index (χ2n) is 6.40.